The topological polar surface area (TPSA) is 73.9 Å². The number of ether oxygens (including phenoxy) is 3. The molecule has 0 aliphatic rings. The van der Waals surface area contributed by atoms with Crippen LogP contribution in [0, 0.1) is 0 Å². The third-order valence-corrected chi connectivity index (χ3v) is 4.46. The average Bonchev–Trinajstić information content (AvgIpc) is 3.16. The Morgan fingerprint density at radius 3 is 2.44 bits per heavy atom. The zero-order valence-corrected chi connectivity index (χ0v) is 15.0. The Morgan fingerprint density at radius 1 is 1.12 bits per heavy atom. The van der Waals surface area contributed by atoms with Gasteiger partial charge in [0.05, 0.1) is 39.7 Å². The van der Waals surface area contributed by atoms with Crippen LogP contribution in [0.5, 0.6) is 11.5 Å². The number of esters is 1. The van der Waals surface area contributed by atoms with Crippen molar-refractivity contribution in [1.29, 1.82) is 0 Å². The van der Waals surface area contributed by atoms with Crippen molar-refractivity contribution < 1.29 is 23.8 Å². The van der Waals surface area contributed by atoms with E-state index in [1.165, 1.54) is 18.4 Å². The van der Waals surface area contributed by atoms with Crippen LogP contribution < -0.4 is 14.8 Å². The van der Waals surface area contributed by atoms with Crippen molar-refractivity contribution in [2.75, 3.05) is 20.8 Å². The Labute approximate surface area is 150 Å². The molecule has 134 valence electrons. The van der Waals surface area contributed by atoms with Gasteiger partial charge in [0, 0.05) is 4.88 Å². The largest absolute Gasteiger partial charge is 0.497 e. The summed E-state index contributed by atoms with van der Waals surface area (Å²) in [5.41, 5.74) is 0. The van der Waals surface area contributed by atoms with Crippen molar-refractivity contribution in [3.05, 3.63) is 46.7 Å². The van der Waals surface area contributed by atoms with E-state index in [2.05, 4.69) is 5.32 Å². The first-order valence-electron chi connectivity index (χ1n) is 7.79. The average molecular weight is 363 g/mol. The van der Waals surface area contributed by atoms with Gasteiger partial charge in [-0.1, -0.05) is 6.07 Å². The van der Waals surface area contributed by atoms with Gasteiger partial charge in [0.1, 0.15) is 11.5 Å². The molecule has 25 heavy (non-hydrogen) atoms. The number of rotatable bonds is 9. The molecule has 1 unspecified atom stereocenters. The summed E-state index contributed by atoms with van der Waals surface area (Å²) in [5, 5.41) is 4.76. The number of carbonyl (C=O) groups is 2. The summed E-state index contributed by atoms with van der Waals surface area (Å²) in [7, 11) is 2.93. The minimum Gasteiger partial charge on any atom is -0.497 e. The normalized spacial score (nSPS) is 11.4. The number of nitrogens with one attached hydrogen (secondary N) is 1. The molecule has 1 aromatic carbocycles. The van der Waals surface area contributed by atoms with Crippen LogP contribution in [0.2, 0.25) is 0 Å². The van der Waals surface area contributed by atoms with Gasteiger partial charge in [-0.2, -0.15) is 0 Å². The van der Waals surface area contributed by atoms with Crippen molar-refractivity contribution in [2.45, 2.75) is 18.9 Å². The maximum absolute atomic E-state index is 12.2. The van der Waals surface area contributed by atoms with Gasteiger partial charge in [0.15, 0.2) is 0 Å². The molecule has 0 fully saturated rings. The fourth-order valence-corrected chi connectivity index (χ4v) is 2.94. The third kappa shape index (κ3) is 6.11. The van der Waals surface area contributed by atoms with Crippen LogP contribution in [0.25, 0.3) is 0 Å². The SMILES string of the molecule is COC(=O)CC(NC(=O)CCOc1ccc(OC)cc1)c1cccs1. The Bertz CT molecular complexity index is 669. The molecule has 2 aromatic rings. The van der Waals surface area contributed by atoms with Crippen LogP contribution in [0.3, 0.4) is 0 Å². The summed E-state index contributed by atoms with van der Waals surface area (Å²) in [6, 6.07) is 10.5. The first-order chi connectivity index (χ1) is 12.1. The lowest BCUT2D eigenvalue weighted by molar-refractivity contribution is -0.141. The molecule has 1 aromatic heterocycles. The summed E-state index contributed by atoms with van der Waals surface area (Å²) in [6.45, 7) is 0.244. The monoisotopic (exact) mass is 363 g/mol. The summed E-state index contributed by atoms with van der Waals surface area (Å²) in [4.78, 5) is 24.6. The first-order valence-corrected chi connectivity index (χ1v) is 8.66. The molecule has 0 aliphatic heterocycles. The van der Waals surface area contributed by atoms with Crippen LogP contribution in [0.4, 0.5) is 0 Å². The minimum absolute atomic E-state index is 0.0993. The van der Waals surface area contributed by atoms with E-state index >= 15 is 0 Å². The molecule has 0 spiro atoms. The van der Waals surface area contributed by atoms with Crippen LogP contribution in [-0.4, -0.2) is 32.7 Å². The highest BCUT2D eigenvalue weighted by Crippen LogP contribution is 2.22. The highest BCUT2D eigenvalue weighted by atomic mass is 32.1. The van der Waals surface area contributed by atoms with E-state index in [0.717, 1.165) is 10.6 Å². The van der Waals surface area contributed by atoms with Gasteiger partial charge in [-0.05, 0) is 35.7 Å². The van der Waals surface area contributed by atoms with E-state index < -0.39 is 0 Å². The maximum Gasteiger partial charge on any atom is 0.307 e. The lowest BCUT2D eigenvalue weighted by Gasteiger charge is -2.16. The number of thiophene rings is 1. The highest BCUT2D eigenvalue weighted by molar-refractivity contribution is 7.10. The lowest BCUT2D eigenvalue weighted by Crippen LogP contribution is -2.30. The number of methoxy groups -OCH3 is 2. The van der Waals surface area contributed by atoms with Crippen LogP contribution in [0.15, 0.2) is 41.8 Å². The maximum atomic E-state index is 12.2. The van der Waals surface area contributed by atoms with E-state index in [9.17, 15) is 9.59 Å². The number of benzene rings is 1. The number of amides is 1. The highest BCUT2D eigenvalue weighted by Gasteiger charge is 2.19. The number of carbonyl (C=O) groups excluding carboxylic acids is 2. The number of hydrogen-bond donors (Lipinski definition) is 1. The van der Waals surface area contributed by atoms with Crippen LogP contribution in [0.1, 0.15) is 23.8 Å². The van der Waals surface area contributed by atoms with E-state index in [4.69, 9.17) is 14.2 Å². The third-order valence-electron chi connectivity index (χ3n) is 3.48. The summed E-state index contributed by atoms with van der Waals surface area (Å²) in [6.07, 6.45) is 0.289. The second-order valence-electron chi connectivity index (χ2n) is 5.19. The van der Waals surface area contributed by atoms with Crippen molar-refractivity contribution in [1.82, 2.24) is 5.32 Å². The Hall–Kier alpha value is -2.54. The van der Waals surface area contributed by atoms with E-state index in [0.29, 0.717) is 5.75 Å². The smallest absolute Gasteiger partial charge is 0.307 e. The Balaban J connectivity index is 1.82. The molecular formula is C18H21NO5S. The van der Waals surface area contributed by atoms with Crippen molar-refractivity contribution in [3.8, 4) is 11.5 Å². The van der Waals surface area contributed by atoms with Gasteiger partial charge in [-0.25, -0.2) is 0 Å². The van der Waals surface area contributed by atoms with Gasteiger partial charge < -0.3 is 19.5 Å². The Morgan fingerprint density at radius 2 is 1.84 bits per heavy atom. The zero-order chi connectivity index (χ0) is 18.1. The van der Waals surface area contributed by atoms with Gasteiger partial charge in [0.25, 0.3) is 0 Å². The molecule has 6 nitrogen and oxygen atoms in total. The predicted octanol–water partition coefficient (Wildman–Crippen LogP) is 2.95. The second kappa shape index (κ2) is 9.68. The van der Waals surface area contributed by atoms with Crippen molar-refractivity contribution in [3.63, 3.8) is 0 Å². The standard InChI is InChI=1S/C18H21NO5S/c1-22-13-5-7-14(8-6-13)24-10-9-17(20)19-15(12-18(21)23-2)16-4-3-11-25-16/h3-8,11,15H,9-10,12H2,1-2H3,(H,19,20). The van der Waals surface area contributed by atoms with Gasteiger partial charge >= 0.3 is 5.97 Å². The van der Waals surface area contributed by atoms with Crippen LogP contribution >= 0.6 is 11.3 Å². The fraction of sp³-hybridized carbons (Fsp3) is 0.333. The van der Waals surface area contributed by atoms with E-state index in [1.54, 1.807) is 31.4 Å². The quantitative estimate of drug-likeness (QED) is 0.694. The molecule has 1 atom stereocenters. The molecule has 1 N–H and O–H groups in total. The summed E-state index contributed by atoms with van der Waals surface area (Å²) < 4.78 is 15.3. The van der Waals surface area contributed by atoms with Gasteiger partial charge in [0.2, 0.25) is 5.91 Å². The molecular weight excluding hydrogens is 342 g/mol. The number of hydrogen-bond acceptors (Lipinski definition) is 6. The minimum atomic E-state index is -0.388. The molecule has 0 bridgehead atoms. The van der Waals surface area contributed by atoms with Crippen LogP contribution in [-0.2, 0) is 14.3 Å². The van der Waals surface area contributed by atoms with Crippen molar-refractivity contribution >= 4 is 23.2 Å². The van der Waals surface area contributed by atoms with Gasteiger partial charge in [-0.3, -0.25) is 9.59 Å². The zero-order valence-electron chi connectivity index (χ0n) is 14.2. The lowest BCUT2D eigenvalue weighted by atomic mass is 10.1. The first kappa shape index (κ1) is 18.8. The molecule has 0 aliphatic carbocycles. The molecule has 2 rings (SSSR count). The summed E-state index contributed by atoms with van der Waals surface area (Å²) in [5.74, 6) is 0.855. The molecule has 7 heteroatoms. The van der Waals surface area contributed by atoms with Crippen molar-refractivity contribution in [2.24, 2.45) is 0 Å². The molecule has 1 heterocycles. The molecule has 0 saturated heterocycles. The fourth-order valence-electron chi connectivity index (χ4n) is 2.16. The Kier molecular flexibility index (Phi) is 7.28. The molecule has 0 saturated carbocycles. The predicted molar refractivity (Wildman–Crippen MR) is 94.9 cm³/mol. The summed E-state index contributed by atoms with van der Waals surface area (Å²) >= 11 is 1.48. The molecule has 0 radical (unpaired) electrons. The second-order valence-corrected chi connectivity index (χ2v) is 6.17. The van der Waals surface area contributed by atoms with E-state index in [-0.39, 0.29) is 37.4 Å². The van der Waals surface area contributed by atoms with E-state index in [1.807, 2.05) is 17.5 Å². The molecule has 1 amide bonds. The van der Waals surface area contributed by atoms with Gasteiger partial charge in [-0.15, -0.1) is 11.3 Å².